The zero-order chi connectivity index (χ0) is 41.6. The van der Waals surface area contributed by atoms with Gasteiger partial charge in [0.2, 0.25) is 17.7 Å². The van der Waals surface area contributed by atoms with Crippen molar-refractivity contribution in [1.82, 2.24) is 20.0 Å². The number of carbonyl (C=O) groups is 4. The van der Waals surface area contributed by atoms with Crippen LogP contribution < -0.4 is 5.32 Å². The molecule has 9 atom stereocenters. The molecular weight excluding hydrogens is 702 g/mol. The summed E-state index contributed by atoms with van der Waals surface area (Å²) in [5.74, 6) is -1.56. The molecule has 0 spiro atoms. The highest BCUT2D eigenvalue weighted by molar-refractivity contribution is 5.90. The van der Waals surface area contributed by atoms with Gasteiger partial charge in [-0.2, -0.15) is 0 Å². The number of aromatic hydroxyl groups is 1. The molecule has 1 saturated heterocycles. The fourth-order valence-electron chi connectivity index (χ4n) is 8.31. The van der Waals surface area contributed by atoms with Gasteiger partial charge in [-0.25, -0.2) is 0 Å². The van der Waals surface area contributed by atoms with Crippen LogP contribution in [0.15, 0.2) is 29.4 Å². The molecule has 1 fully saturated rings. The van der Waals surface area contributed by atoms with Crippen LogP contribution in [0.25, 0.3) is 10.4 Å². The Morgan fingerprint density at radius 3 is 2.15 bits per heavy atom. The molecule has 310 valence electrons. The average Bonchev–Trinajstić information content (AvgIpc) is 3.62. The first kappa shape index (κ1) is 47.4. The summed E-state index contributed by atoms with van der Waals surface area (Å²) in [6, 6.07) is 5.04. The molecule has 0 unspecified atom stereocenters. The van der Waals surface area contributed by atoms with Crippen molar-refractivity contribution in [2.45, 2.75) is 123 Å². The Morgan fingerprint density at radius 1 is 1.00 bits per heavy atom. The maximum absolute atomic E-state index is 14.3. The number of ketones is 1. The number of rotatable bonds is 23. The summed E-state index contributed by atoms with van der Waals surface area (Å²) in [5.41, 5.74) is 9.82. The topological polar surface area (TPSA) is 177 Å². The molecule has 0 radical (unpaired) electrons. The zero-order valence-corrected chi connectivity index (χ0v) is 35.4. The van der Waals surface area contributed by atoms with Crippen molar-refractivity contribution in [1.29, 1.82) is 0 Å². The summed E-state index contributed by atoms with van der Waals surface area (Å²) >= 11 is 0. The van der Waals surface area contributed by atoms with Gasteiger partial charge < -0.3 is 29.7 Å². The van der Waals surface area contributed by atoms with Gasteiger partial charge in [-0.15, -0.1) is 0 Å². The average molecular weight is 772 g/mol. The smallest absolute Gasteiger partial charge is 0.226 e. The number of phenolic OH excluding ortho intramolecular Hbond substituents is 1. The van der Waals surface area contributed by atoms with Crippen LogP contribution in [0.5, 0.6) is 5.75 Å². The lowest BCUT2D eigenvalue weighted by atomic mass is 9.83. The van der Waals surface area contributed by atoms with Crippen molar-refractivity contribution >= 4 is 23.5 Å². The largest absolute Gasteiger partial charge is 0.508 e. The van der Waals surface area contributed by atoms with Crippen molar-refractivity contribution < 1.29 is 33.8 Å². The maximum atomic E-state index is 14.3. The van der Waals surface area contributed by atoms with Gasteiger partial charge in [-0.05, 0) is 74.3 Å². The highest BCUT2D eigenvalue weighted by Crippen LogP contribution is 2.31. The van der Waals surface area contributed by atoms with E-state index in [2.05, 4.69) is 22.3 Å². The second kappa shape index (κ2) is 22.7. The molecule has 1 aromatic carbocycles. The number of nitrogens with zero attached hydrogens (tertiary/aromatic N) is 6. The number of hydrogen-bond acceptors (Lipinski definition) is 9. The van der Waals surface area contributed by atoms with Gasteiger partial charge >= 0.3 is 0 Å². The maximum Gasteiger partial charge on any atom is 0.226 e. The van der Waals surface area contributed by atoms with Crippen LogP contribution in [0.4, 0.5) is 0 Å². The molecule has 2 N–H and O–H groups in total. The van der Waals surface area contributed by atoms with E-state index in [1.807, 2.05) is 53.6 Å². The van der Waals surface area contributed by atoms with E-state index in [0.29, 0.717) is 19.4 Å². The fourth-order valence-corrected chi connectivity index (χ4v) is 8.31. The summed E-state index contributed by atoms with van der Waals surface area (Å²) in [7, 11) is 8.65. The predicted octanol–water partition coefficient (Wildman–Crippen LogP) is 5.47. The van der Waals surface area contributed by atoms with Gasteiger partial charge in [-0.1, -0.05) is 72.1 Å². The summed E-state index contributed by atoms with van der Waals surface area (Å²) in [5, 5.41) is 16.4. The molecule has 14 nitrogen and oxygen atoms in total. The van der Waals surface area contributed by atoms with E-state index < -0.39 is 36.1 Å². The Morgan fingerprint density at radius 2 is 1.64 bits per heavy atom. The van der Waals surface area contributed by atoms with Crippen LogP contribution in [-0.4, -0.2) is 128 Å². The molecule has 14 heteroatoms. The van der Waals surface area contributed by atoms with Gasteiger partial charge in [0.25, 0.3) is 0 Å². The van der Waals surface area contributed by atoms with Crippen LogP contribution in [0.2, 0.25) is 0 Å². The molecule has 1 aliphatic rings. The molecule has 1 aromatic rings. The standard InChI is InChI=1S/C41H69N7O7/c1-13-27(6)38(47(10)41(53)32(25(2)3)22-34(50)37(26(4)5)46(8)9)35(54-11)23-36(51)48-20-14-15-33(48)39(55-12)28(7)40(52)44-30(24-43-45-42)21-29-16-18-31(49)19-17-29/h16-19,25-28,30,32-33,35,37-39,49H,13-15,20-24H2,1-12H3,(H,44,52)/t27-,28+,30-,32-,33-,35+,37-,38-,39+/m0/s1. The number of methoxy groups -OCH3 is 2. The number of amides is 3. The normalized spacial score (nSPS) is 18.9. The molecule has 0 aromatic heterocycles. The van der Waals surface area contributed by atoms with Crippen molar-refractivity contribution in [2.24, 2.45) is 34.7 Å². The first-order valence-corrected chi connectivity index (χ1v) is 19.8. The van der Waals surface area contributed by atoms with Gasteiger partial charge in [0.1, 0.15) is 5.75 Å². The van der Waals surface area contributed by atoms with Gasteiger partial charge in [-0.3, -0.25) is 24.1 Å². The number of likely N-dealkylation sites (N-methyl/N-ethyl adjacent to an activating group) is 2. The van der Waals surface area contributed by atoms with Crippen LogP contribution in [0.1, 0.15) is 86.1 Å². The molecule has 0 bridgehead atoms. The monoisotopic (exact) mass is 772 g/mol. The Kier molecular flexibility index (Phi) is 19.6. The van der Waals surface area contributed by atoms with E-state index in [1.165, 1.54) is 0 Å². The van der Waals surface area contributed by atoms with E-state index in [0.717, 1.165) is 18.4 Å². The molecular formula is C41H69N7O7. The fraction of sp³-hybridized carbons (Fsp3) is 0.756. The lowest BCUT2D eigenvalue weighted by molar-refractivity contribution is -0.149. The lowest BCUT2D eigenvalue weighted by Crippen LogP contribution is -2.54. The van der Waals surface area contributed by atoms with Gasteiger partial charge in [0, 0.05) is 57.6 Å². The number of nitrogens with one attached hydrogen (secondary N) is 1. The number of phenols is 1. The van der Waals surface area contributed by atoms with E-state index in [4.69, 9.17) is 15.0 Å². The Labute approximate surface area is 329 Å². The molecule has 0 saturated carbocycles. The van der Waals surface area contributed by atoms with Gasteiger partial charge in [0.15, 0.2) is 5.78 Å². The van der Waals surface area contributed by atoms with Crippen LogP contribution in [0.3, 0.4) is 0 Å². The summed E-state index contributed by atoms with van der Waals surface area (Å²) < 4.78 is 12.0. The van der Waals surface area contributed by atoms with Crippen LogP contribution >= 0.6 is 0 Å². The minimum absolute atomic E-state index is 0.00916. The van der Waals surface area contributed by atoms with Crippen molar-refractivity contribution in [3.63, 3.8) is 0 Å². The van der Waals surface area contributed by atoms with E-state index in [1.54, 1.807) is 62.3 Å². The molecule has 1 aliphatic heterocycles. The molecule has 2 rings (SSSR count). The molecule has 55 heavy (non-hydrogen) atoms. The minimum atomic E-state index is -0.648. The first-order chi connectivity index (χ1) is 25.9. The molecule has 1 heterocycles. The lowest BCUT2D eigenvalue weighted by Gasteiger charge is -2.41. The van der Waals surface area contributed by atoms with Crippen molar-refractivity contribution in [3.05, 3.63) is 40.3 Å². The Balaban J connectivity index is 2.28. The van der Waals surface area contributed by atoms with Gasteiger partial charge in [0.05, 0.1) is 42.7 Å². The SMILES string of the molecule is CC[C@H](C)[C@@H]([C@@H](CC(=O)N1CCC[C@H]1[C@H](OC)[C@@H](C)C(=O)N[C@H](CN=[N+]=[N-])Cc1ccc(O)cc1)OC)N(C)C(=O)[C@@H](CC(=O)[C@H](C(C)C)N(C)C)C(C)C. The third-order valence-corrected chi connectivity index (χ3v) is 11.4. The Bertz CT molecular complexity index is 1420. The number of hydrogen-bond donors (Lipinski definition) is 2. The summed E-state index contributed by atoms with van der Waals surface area (Å²) in [6.07, 6.45) is 1.45. The predicted molar refractivity (Wildman–Crippen MR) is 214 cm³/mol. The van der Waals surface area contributed by atoms with Crippen LogP contribution in [-0.2, 0) is 35.1 Å². The number of azide groups is 1. The van der Waals surface area contributed by atoms with Crippen molar-refractivity contribution in [2.75, 3.05) is 48.5 Å². The quantitative estimate of drug-likeness (QED) is 0.0836. The number of likely N-dealkylation sites (tertiary alicyclic amines) is 1. The summed E-state index contributed by atoms with van der Waals surface area (Å²) in [6.45, 7) is 14.4. The van der Waals surface area contributed by atoms with E-state index >= 15 is 0 Å². The first-order valence-electron chi connectivity index (χ1n) is 19.8. The zero-order valence-electron chi connectivity index (χ0n) is 35.4. The number of Topliss-reactive ketones (excluding diaryl/α,β-unsaturated/α-hetero) is 1. The number of carbonyl (C=O) groups excluding carboxylic acids is 4. The van der Waals surface area contributed by atoms with E-state index in [-0.39, 0.29) is 78.5 Å². The summed E-state index contributed by atoms with van der Waals surface area (Å²) in [4.78, 5) is 64.0. The molecule has 0 aliphatic carbocycles. The Hall–Kier alpha value is -3.71. The second-order valence-electron chi connectivity index (χ2n) is 16.3. The van der Waals surface area contributed by atoms with Crippen LogP contribution in [0, 0.1) is 29.6 Å². The second-order valence-corrected chi connectivity index (χ2v) is 16.3. The number of benzene rings is 1. The number of ether oxygens (including phenoxy) is 2. The third kappa shape index (κ3) is 13.2. The third-order valence-electron chi connectivity index (χ3n) is 11.4. The highest BCUT2D eigenvalue weighted by Gasteiger charge is 2.43. The minimum Gasteiger partial charge on any atom is -0.508 e. The molecule has 3 amide bonds. The highest BCUT2D eigenvalue weighted by atomic mass is 16.5. The van der Waals surface area contributed by atoms with Crippen molar-refractivity contribution in [3.8, 4) is 5.75 Å². The van der Waals surface area contributed by atoms with E-state index in [9.17, 15) is 24.3 Å².